The van der Waals surface area contributed by atoms with Gasteiger partial charge in [-0.3, -0.25) is 25.4 Å². The number of nitrogens with one attached hydrogen (secondary N) is 2. The zero-order valence-electron chi connectivity index (χ0n) is 13.1. The van der Waals surface area contributed by atoms with E-state index < -0.39 is 17.4 Å². The number of para-hydroxylation sites is 1. The molecule has 0 radical (unpaired) electrons. The summed E-state index contributed by atoms with van der Waals surface area (Å²) in [6, 6.07) is 9.36. The summed E-state index contributed by atoms with van der Waals surface area (Å²) in [4.78, 5) is 39.9. The van der Waals surface area contributed by atoms with Crippen LogP contribution >= 0.6 is 0 Å². The van der Waals surface area contributed by atoms with Crippen LogP contribution in [0, 0.1) is 0 Å². The van der Waals surface area contributed by atoms with E-state index in [1.165, 1.54) is 37.7 Å². The summed E-state index contributed by atoms with van der Waals surface area (Å²) in [5, 5.41) is 0.518. The van der Waals surface area contributed by atoms with E-state index in [1.54, 1.807) is 18.2 Å². The highest BCUT2D eigenvalue weighted by molar-refractivity contribution is 6.00. The van der Waals surface area contributed by atoms with E-state index in [-0.39, 0.29) is 11.1 Å². The molecule has 25 heavy (non-hydrogen) atoms. The Balaban J connectivity index is 1.82. The molecule has 2 N–H and O–H groups in total. The molecule has 0 spiro atoms. The van der Waals surface area contributed by atoms with E-state index in [0.29, 0.717) is 16.7 Å². The fourth-order valence-corrected chi connectivity index (χ4v) is 2.19. The van der Waals surface area contributed by atoms with Crippen molar-refractivity contribution >= 4 is 22.8 Å². The number of benzene rings is 1. The Morgan fingerprint density at radius 3 is 2.52 bits per heavy atom. The topological polar surface area (TPSA) is 111 Å². The molecule has 0 fully saturated rings. The van der Waals surface area contributed by atoms with Gasteiger partial charge in [0, 0.05) is 23.3 Å². The van der Waals surface area contributed by atoms with E-state index in [2.05, 4.69) is 15.8 Å². The molecular weight excluding hydrogens is 326 g/mol. The molecular formula is C17H13N3O5. The SMILES string of the molecule is COc1cccc2cc(C(=O)NNC(=O)c3ccncc3)c(=O)oc12. The summed E-state index contributed by atoms with van der Waals surface area (Å²) in [5.74, 6) is -0.948. The van der Waals surface area contributed by atoms with Crippen LogP contribution in [0.5, 0.6) is 5.75 Å². The highest BCUT2D eigenvalue weighted by Gasteiger charge is 2.16. The minimum Gasteiger partial charge on any atom is -0.493 e. The van der Waals surface area contributed by atoms with Crippen LogP contribution < -0.4 is 21.2 Å². The van der Waals surface area contributed by atoms with Crippen molar-refractivity contribution in [2.24, 2.45) is 0 Å². The molecule has 1 aromatic carbocycles. The van der Waals surface area contributed by atoms with Gasteiger partial charge in [0.1, 0.15) is 5.56 Å². The number of rotatable bonds is 3. The van der Waals surface area contributed by atoms with Crippen molar-refractivity contribution < 1.29 is 18.7 Å². The molecule has 0 bridgehead atoms. The van der Waals surface area contributed by atoms with Crippen molar-refractivity contribution in [2.45, 2.75) is 0 Å². The van der Waals surface area contributed by atoms with Gasteiger partial charge >= 0.3 is 5.63 Å². The van der Waals surface area contributed by atoms with Gasteiger partial charge in [0.15, 0.2) is 11.3 Å². The number of hydrogen-bond acceptors (Lipinski definition) is 6. The number of carbonyl (C=O) groups is 2. The Kier molecular flexibility index (Phi) is 4.42. The molecule has 3 rings (SSSR count). The first-order chi connectivity index (χ1) is 12.1. The summed E-state index contributed by atoms with van der Waals surface area (Å²) in [6.45, 7) is 0. The van der Waals surface area contributed by atoms with Crippen molar-refractivity contribution in [1.29, 1.82) is 0 Å². The highest BCUT2D eigenvalue weighted by atomic mass is 16.5. The third kappa shape index (κ3) is 3.32. The number of hydrogen-bond donors (Lipinski definition) is 2. The van der Waals surface area contributed by atoms with Crippen LogP contribution in [-0.4, -0.2) is 23.9 Å². The van der Waals surface area contributed by atoms with E-state index in [9.17, 15) is 14.4 Å². The second-order valence-electron chi connectivity index (χ2n) is 4.97. The lowest BCUT2D eigenvalue weighted by atomic mass is 10.1. The molecule has 2 aromatic heterocycles. The Bertz CT molecular complexity index is 998. The van der Waals surface area contributed by atoms with Crippen molar-refractivity contribution in [2.75, 3.05) is 7.11 Å². The predicted octanol–water partition coefficient (Wildman–Crippen LogP) is 1.27. The van der Waals surface area contributed by atoms with Crippen molar-refractivity contribution in [1.82, 2.24) is 15.8 Å². The van der Waals surface area contributed by atoms with Crippen LogP contribution in [0.2, 0.25) is 0 Å². The third-order valence-corrected chi connectivity index (χ3v) is 3.42. The first kappa shape index (κ1) is 16.2. The molecule has 2 heterocycles. The van der Waals surface area contributed by atoms with Gasteiger partial charge in [-0.25, -0.2) is 4.79 Å². The molecule has 0 aliphatic carbocycles. The predicted molar refractivity (Wildman–Crippen MR) is 88.2 cm³/mol. The highest BCUT2D eigenvalue weighted by Crippen LogP contribution is 2.24. The van der Waals surface area contributed by atoms with Crippen LogP contribution in [-0.2, 0) is 0 Å². The molecule has 0 atom stereocenters. The lowest BCUT2D eigenvalue weighted by Crippen LogP contribution is -2.43. The number of hydrazine groups is 1. The molecule has 0 aliphatic heterocycles. The summed E-state index contributed by atoms with van der Waals surface area (Å²) < 4.78 is 10.3. The van der Waals surface area contributed by atoms with Gasteiger partial charge in [0.25, 0.3) is 11.8 Å². The lowest BCUT2D eigenvalue weighted by molar-refractivity contribution is 0.0844. The molecule has 0 unspecified atom stereocenters. The standard InChI is InChI=1S/C17H13N3O5/c1-24-13-4-2-3-11-9-12(17(23)25-14(11)13)16(22)20-19-15(21)10-5-7-18-8-6-10/h2-9H,1H3,(H,19,21)(H,20,22). The lowest BCUT2D eigenvalue weighted by Gasteiger charge is -2.08. The van der Waals surface area contributed by atoms with Crippen molar-refractivity contribution in [3.8, 4) is 5.75 Å². The first-order valence-corrected chi connectivity index (χ1v) is 7.21. The molecule has 0 saturated heterocycles. The molecule has 126 valence electrons. The van der Waals surface area contributed by atoms with Gasteiger partial charge in [-0.05, 0) is 24.3 Å². The monoisotopic (exact) mass is 339 g/mol. The molecule has 8 heteroatoms. The zero-order valence-corrected chi connectivity index (χ0v) is 13.1. The maximum atomic E-state index is 12.2. The summed E-state index contributed by atoms with van der Waals surface area (Å²) in [5.41, 5.74) is 3.88. The van der Waals surface area contributed by atoms with Crippen LogP contribution in [0.25, 0.3) is 11.0 Å². The number of amides is 2. The second kappa shape index (κ2) is 6.83. The number of carbonyl (C=O) groups excluding carboxylic acids is 2. The molecule has 0 saturated carbocycles. The van der Waals surface area contributed by atoms with Gasteiger partial charge < -0.3 is 9.15 Å². The summed E-state index contributed by atoms with van der Waals surface area (Å²) in [6.07, 6.45) is 2.89. The number of nitrogens with zero attached hydrogens (tertiary/aromatic N) is 1. The van der Waals surface area contributed by atoms with Gasteiger partial charge in [-0.1, -0.05) is 12.1 Å². The van der Waals surface area contributed by atoms with Crippen molar-refractivity contribution in [3.05, 3.63) is 70.3 Å². The maximum Gasteiger partial charge on any atom is 0.349 e. The van der Waals surface area contributed by atoms with Crippen LogP contribution in [0.15, 0.2) is 58.0 Å². The van der Waals surface area contributed by atoms with E-state index in [1.807, 2.05) is 0 Å². The Labute approximate surface area is 141 Å². The minimum atomic E-state index is -0.840. The average Bonchev–Trinajstić information content (AvgIpc) is 2.65. The molecule has 8 nitrogen and oxygen atoms in total. The van der Waals surface area contributed by atoms with Gasteiger partial charge in [0.05, 0.1) is 7.11 Å². The molecule has 0 aliphatic rings. The average molecular weight is 339 g/mol. The van der Waals surface area contributed by atoms with Gasteiger partial charge in [0.2, 0.25) is 0 Å². The minimum absolute atomic E-state index is 0.240. The number of aromatic nitrogens is 1. The third-order valence-electron chi connectivity index (χ3n) is 3.42. The number of pyridine rings is 1. The maximum absolute atomic E-state index is 12.2. The largest absolute Gasteiger partial charge is 0.493 e. The summed E-state index contributed by atoms with van der Waals surface area (Å²) >= 11 is 0. The Hall–Kier alpha value is -3.68. The normalized spacial score (nSPS) is 10.3. The van der Waals surface area contributed by atoms with Crippen molar-refractivity contribution in [3.63, 3.8) is 0 Å². The fourth-order valence-electron chi connectivity index (χ4n) is 2.19. The summed E-state index contributed by atoms with van der Waals surface area (Å²) in [7, 11) is 1.45. The van der Waals surface area contributed by atoms with Gasteiger partial charge in [-0.2, -0.15) is 0 Å². The molecule has 3 aromatic rings. The molecule has 2 amide bonds. The smallest absolute Gasteiger partial charge is 0.349 e. The van der Waals surface area contributed by atoms with E-state index in [4.69, 9.17) is 9.15 Å². The number of fused-ring (bicyclic) bond motifs is 1. The van der Waals surface area contributed by atoms with Crippen LogP contribution in [0.4, 0.5) is 0 Å². The zero-order chi connectivity index (χ0) is 17.8. The fraction of sp³-hybridized carbons (Fsp3) is 0.0588. The number of ether oxygens (including phenoxy) is 1. The Morgan fingerprint density at radius 2 is 1.80 bits per heavy atom. The first-order valence-electron chi connectivity index (χ1n) is 7.21. The quantitative estimate of drug-likeness (QED) is 0.549. The van der Waals surface area contributed by atoms with Crippen LogP contribution in [0.1, 0.15) is 20.7 Å². The van der Waals surface area contributed by atoms with E-state index >= 15 is 0 Å². The van der Waals surface area contributed by atoms with E-state index in [0.717, 1.165) is 0 Å². The van der Waals surface area contributed by atoms with Gasteiger partial charge in [-0.15, -0.1) is 0 Å². The second-order valence-corrected chi connectivity index (χ2v) is 4.97. The Morgan fingerprint density at radius 1 is 1.08 bits per heavy atom. The van der Waals surface area contributed by atoms with Crippen LogP contribution in [0.3, 0.4) is 0 Å². The number of methoxy groups -OCH3 is 1.